The highest BCUT2D eigenvalue weighted by Gasteiger charge is 2.46. The smallest absolute Gasteiger partial charge is 0.157 e. The summed E-state index contributed by atoms with van der Waals surface area (Å²) in [6.45, 7) is -0.684. The topological polar surface area (TPSA) is 201 Å². The molecule has 0 spiro atoms. The Labute approximate surface area is 181 Å². The van der Waals surface area contributed by atoms with Gasteiger partial charge < -0.3 is 55.4 Å². The second-order valence-corrected chi connectivity index (χ2v) is 7.94. The summed E-state index contributed by atoms with van der Waals surface area (Å²) in [5.74, 6) is -1.83. The fourth-order valence-corrected chi connectivity index (χ4v) is 4.15. The minimum atomic E-state index is -1.73. The fraction of sp³-hybridized carbons (Fsp3) is 0.429. The predicted molar refractivity (Wildman–Crippen MR) is 105 cm³/mol. The quantitative estimate of drug-likeness (QED) is 0.260. The number of hydrogen-bond acceptors (Lipinski definition) is 11. The Morgan fingerprint density at radius 2 is 1.53 bits per heavy atom. The maximum Gasteiger partial charge on any atom is 0.157 e. The molecule has 2 aromatic rings. The van der Waals surface area contributed by atoms with Crippen LogP contribution in [0.3, 0.4) is 0 Å². The number of aliphatic hydroxyl groups excluding tert-OH is 5. The number of phenols is 4. The molecule has 2 aliphatic rings. The highest BCUT2D eigenvalue weighted by atomic mass is 16.5. The molecule has 0 amide bonds. The zero-order valence-corrected chi connectivity index (χ0v) is 16.6. The maximum atomic E-state index is 10.8. The molecule has 2 heterocycles. The first-order chi connectivity index (χ1) is 15.1. The molecule has 1 fully saturated rings. The van der Waals surface area contributed by atoms with Crippen molar-refractivity contribution in [1.82, 2.24) is 0 Å². The molecule has 4 rings (SSSR count). The molecule has 0 unspecified atom stereocenters. The molecule has 0 saturated carbocycles. The van der Waals surface area contributed by atoms with Crippen LogP contribution >= 0.6 is 0 Å². The Bertz CT molecular complexity index is 1010. The maximum absolute atomic E-state index is 10.8. The first-order valence-corrected chi connectivity index (χ1v) is 9.88. The lowest BCUT2D eigenvalue weighted by atomic mass is 9.87. The van der Waals surface area contributed by atoms with E-state index in [1.54, 1.807) is 0 Å². The van der Waals surface area contributed by atoms with Crippen molar-refractivity contribution in [2.75, 3.05) is 6.61 Å². The van der Waals surface area contributed by atoms with Crippen LogP contribution < -0.4 is 4.74 Å². The van der Waals surface area contributed by atoms with Crippen molar-refractivity contribution < 1.29 is 55.4 Å². The third-order valence-electron chi connectivity index (χ3n) is 5.90. The Morgan fingerprint density at radius 3 is 2.19 bits per heavy atom. The van der Waals surface area contributed by atoms with Gasteiger partial charge in [-0.15, -0.1) is 0 Å². The summed E-state index contributed by atoms with van der Waals surface area (Å²) in [5, 5.41) is 90.9. The van der Waals surface area contributed by atoms with Crippen molar-refractivity contribution >= 4 is 0 Å². The molecule has 9 N–H and O–H groups in total. The first kappa shape index (κ1) is 22.4. The minimum Gasteiger partial charge on any atom is -0.507 e. The summed E-state index contributed by atoms with van der Waals surface area (Å²) in [6.07, 6.45) is -10.1. The van der Waals surface area contributed by atoms with E-state index < -0.39 is 66.6 Å². The van der Waals surface area contributed by atoms with Gasteiger partial charge in [-0.05, 0) is 17.7 Å². The molecule has 0 bridgehead atoms. The van der Waals surface area contributed by atoms with E-state index in [9.17, 15) is 46.0 Å². The van der Waals surface area contributed by atoms with Crippen molar-refractivity contribution in [3.63, 3.8) is 0 Å². The average molecular weight is 452 g/mol. The third kappa shape index (κ3) is 3.58. The Hall–Kier alpha value is -2.80. The predicted octanol–water partition coefficient (Wildman–Crippen LogP) is -0.939. The first-order valence-electron chi connectivity index (χ1n) is 9.88. The lowest BCUT2D eigenvalue weighted by molar-refractivity contribution is -0.232. The van der Waals surface area contributed by atoms with Crippen molar-refractivity contribution in [2.24, 2.45) is 0 Å². The van der Waals surface area contributed by atoms with Gasteiger partial charge in [-0.2, -0.15) is 0 Å². The van der Waals surface area contributed by atoms with Gasteiger partial charge in [0.2, 0.25) is 0 Å². The summed E-state index contributed by atoms with van der Waals surface area (Å²) in [4.78, 5) is 0. The molecule has 0 aliphatic carbocycles. The van der Waals surface area contributed by atoms with E-state index in [0.717, 1.165) is 6.07 Å². The van der Waals surface area contributed by atoms with Crippen LogP contribution in [-0.2, 0) is 11.2 Å². The molecule has 11 nitrogen and oxygen atoms in total. The zero-order chi connectivity index (χ0) is 23.3. The lowest BCUT2D eigenvalue weighted by Crippen LogP contribution is -2.55. The van der Waals surface area contributed by atoms with Crippen LogP contribution in [0.2, 0.25) is 0 Å². The van der Waals surface area contributed by atoms with Gasteiger partial charge in [-0.1, -0.05) is 6.07 Å². The molecular formula is C21H24O11. The van der Waals surface area contributed by atoms with Gasteiger partial charge in [0, 0.05) is 18.1 Å². The number of benzene rings is 2. The van der Waals surface area contributed by atoms with Gasteiger partial charge in [-0.3, -0.25) is 0 Å². The van der Waals surface area contributed by atoms with Gasteiger partial charge in [-0.25, -0.2) is 0 Å². The van der Waals surface area contributed by atoms with Gasteiger partial charge in [0.1, 0.15) is 53.9 Å². The minimum absolute atomic E-state index is 0.0243. The highest BCUT2D eigenvalue weighted by molar-refractivity contribution is 5.59. The summed E-state index contributed by atoms with van der Waals surface area (Å²) < 4.78 is 11.2. The molecule has 32 heavy (non-hydrogen) atoms. The monoisotopic (exact) mass is 452 g/mol. The third-order valence-corrected chi connectivity index (χ3v) is 5.90. The largest absolute Gasteiger partial charge is 0.507 e. The van der Waals surface area contributed by atoms with Crippen molar-refractivity contribution in [2.45, 2.75) is 49.1 Å². The SMILES string of the molecule is OC[C@H]1O[C@@H](c2c(O)cc3c(c2O)C[C@@H](O)[C@H](c2ccc(O)c(O)c2)O3)[C@H](O)[C@@H](O)[C@@H]1O. The summed E-state index contributed by atoms with van der Waals surface area (Å²) >= 11 is 0. The Morgan fingerprint density at radius 1 is 0.812 bits per heavy atom. The molecule has 7 atom stereocenters. The molecule has 2 aliphatic heterocycles. The van der Waals surface area contributed by atoms with Crippen LogP contribution in [0.4, 0.5) is 0 Å². The highest BCUT2D eigenvalue weighted by Crippen LogP contribution is 2.49. The van der Waals surface area contributed by atoms with Crippen molar-refractivity contribution in [3.8, 4) is 28.7 Å². The standard InChI is InChI=1S/C21H24O11/c22-6-14-17(28)18(29)19(30)21(32-14)15-11(25)5-13-8(16(15)27)4-12(26)20(31-13)7-1-2-9(23)10(24)3-7/h1-3,5,12,14,17-30H,4,6H2/t12-,14-,17-,18+,19-,20+,21+/m1/s1. The normalized spacial score (nSPS) is 32.2. The van der Waals surface area contributed by atoms with Crippen molar-refractivity contribution in [1.29, 1.82) is 0 Å². The lowest BCUT2D eigenvalue weighted by Gasteiger charge is -2.41. The number of rotatable bonds is 3. The summed E-state index contributed by atoms with van der Waals surface area (Å²) in [6, 6.07) is 5.03. The number of aliphatic hydroxyl groups is 5. The Kier molecular flexibility index (Phi) is 5.79. The van der Waals surface area contributed by atoms with E-state index in [-0.39, 0.29) is 29.0 Å². The molecule has 0 radical (unpaired) electrons. The molecule has 2 aromatic carbocycles. The van der Waals surface area contributed by atoms with Gasteiger partial charge in [0.25, 0.3) is 0 Å². The molecule has 11 heteroatoms. The van der Waals surface area contributed by atoms with Crippen LogP contribution in [-0.4, -0.2) is 83.1 Å². The number of phenolic OH excluding ortho intramolecular Hbond substituents is 4. The molecule has 0 aromatic heterocycles. The van der Waals surface area contributed by atoms with Gasteiger partial charge in [0.05, 0.1) is 18.3 Å². The zero-order valence-electron chi connectivity index (χ0n) is 16.6. The molecule has 1 saturated heterocycles. The van der Waals surface area contributed by atoms with Crippen LogP contribution in [0.25, 0.3) is 0 Å². The van der Waals surface area contributed by atoms with Crippen LogP contribution in [0, 0.1) is 0 Å². The van der Waals surface area contributed by atoms with E-state index >= 15 is 0 Å². The van der Waals surface area contributed by atoms with Crippen LogP contribution in [0.5, 0.6) is 28.7 Å². The van der Waals surface area contributed by atoms with Crippen molar-refractivity contribution in [3.05, 3.63) is 41.0 Å². The van der Waals surface area contributed by atoms with Crippen LogP contribution in [0.15, 0.2) is 24.3 Å². The number of aromatic hydroxyl groups is 4. The fourth-order valence-electron chi connectivity index (χ4n) is 4.15. The van der Waals surface area contributed by atoms with E-state index in [1.807, 2.05) is 0 Å². The molecular weight excluding hydrogens is 428 g/mol. The van der Waals surface area contributed by atoms with Gasteiger partial charge in [0.15, 0.2) is 11.5 Å². The summed E-state index contributed by atoms with van der Waals surface area (Å²) in [5.41, 5.74) is 0.147. The Balaban J connectivity index is 1.70. The van der Waals surface area contributed by atoms with E-state index in [0.29, 0.717) is 5.56 Å². The second-order valence-electron chi connectivity index (χ2n) is 7.94. The van der Waals surface area contributed by atoms with Crippen LogP contribution in [0.1, 0.15) is 28.9 Å². The van der Waals surface area contributed by atoms with E-state index in [4.69, 9.17) is 9.47 Å². The number of hydrogen-bond donors (Lipinski definition) is 9. The average Bonchev–Trinajstić information content (AvgIpc) is 2.76. The molecule has 174 valence electrons. The number of ether oxygens (including phenoxy) is 2. The number of fused-ring (bicyclic) bond motifs is 1. The summed E-state index contributed by atoms with van der Waals surface area (Å²) in [7, 11) is 0. The van der Waals surface area contributed by atoms with Gasteiger partial charge >= 0.3 is 0 Å². The second kappa shape index (κ2) is 8.28. The van der Waals surface area contributed by atoms with E-state index in [1.165, 1.54) is 18.2 Å². The van der Waals surface area contributed by atoms with E-state index in [2.05, 4.69) is 0 Å².